The van der Waals surface area contributed by atoms with Gasteiger partial charge in [0.15, 0.2) is 0 Å². The van der Waals surface area contributed by atoms with Gasteiger partial charge in [0, 0.05) is 25.9 Å². The summed E-state index contributed by atoms with van der Waals surface area (Å²) in [5, 5.41) is 8.51. The minimum absolute atomic E-state index is 0.0755. The Bertz CT molecular complexity index is 1000. The van der Waals surface area contributed by atoms with E-state index in [1.165, 1.54) is 11.4 Å². The topological polar surface area (TPSA) is 122 Å². The Morgan fingerprint density at radius 1 is 1.30 bits per heavy atom. The van der Waals surface area contributed by atoms with Crippen molar-refractivity contribution in [1.82, 2.24) is 20.1 Å². The number of hydrazine groups is 1. The molecule has 0 aromatic carbocycles. The smallest absolute Gasteiger partial charge is 0.265 e. The Balaban J connectivity index is 1.53. The fourth-order valence-electron chi connectivity index (χ4n) is 4.21. The van der Waals surface area contributed by atoms with E-state index in [4.69, 9.17) is 16.1 Å². The maximum atomic E-state index is 13.9. The van der Waals surface area contributed by atoms with Crippen LogP contribution in [0.15, 0.2) is 22.4 Å². The fraction of sp³-hybridized carbons (Fsp3) is 0.591. The minimum atomic E-state index is -2.68. The molecule has 33 heavy (non-hydrogen) atoms. The summed E-state index contributed by atoms with van der Waals surface area (Å²) >= 11 is 0. The molecule has 1 saturated heterocycles. The number of hydrogen-bond donors (Lipinski definition) is 3. The van der Waals surface area contributed by atoms with Crippen LogP contribution in [0.1, 0.15) is 62.2 Å². The molecule has 0 radical (unpaired) electrons. The number of nitrogens with two attached hydrogens (primary N) is 2. The highest BCUT2D eigenvalue weighted by Crippen LogP contribution is 2.35. The Kier molecular flexibility index (Phi) is 6.68. The normalized spacial score (nSPS) is 19.1. The number of piperidine rings is 1. The number of pyridine rings is 1. The van der Waals surface area contributed by atoms with Gasteiger partial charge in [0.2, 0.25) is 5.89 Å². The van der Waals surface area contributed by atoms with Gasteiger partial charge >= 0.3 is 0 Å². The highest BCUT2D eigenvalue weighted by molar-refractivity contribution is 5.66. The summed E-state index contributed by atoms with van der Waals surface area (Å²) in [6, 6.07) is 3.57. The molecule has 9 nitrogen and oxygen atoms in total. The third-order valence-electron chi connectivity index (χ3n) is 6.34. The van der Waals surface area contributed by atoms with Crippen molar-refractivity contribution in [2.45, 2.75) is 57.3 Å². The summed E-state index contributed by atoms with van der Waals surface area (Å²) in [6.07, 6.45) is 4.30. The first kappa shape index (κ1) is 23.2. The first-order valence-electron chi connectivity index (χ1n) is 11.4. The summed E-state index contributed by atoms with van der Waals surface area (Å²) in [7, 11) is 1.69. The molecule has 0 spiro atoms. The number of aromatic nitrogens is 3. The molecule has 180 valence electrons. The number of halogens is 2. The predicted molar refractivity (Wildman–Crippen MR) is 122 cm³/mol. The molecule has 0 unspecified atom stereocenters. The predicted octanol–water partition coefficient (Wildman–Crippen LogP) is 3.07. The van der Waals surface area contributed by atoms with Crippen molar-refractivity contribution in [3.05, 3.63) is 35.1 Å². The lowest BCUT2D eigenvalue weighted by Crippen LogP contribution is -2.43. The number of anilines is 2. The molecule has 1 saturated carbocycles. The molecule has 5 N–H and O–H groups in total. The van der Waals surface area contributed by atoms with E-state index in [1.807, 2.05) is 13.0 Å². The van der Waals surface area contributed by atoms with Crippen LogP contribution in [0.2, 0.25) is 0 Å². The van der Waals surface area contributed by atoms with Crippen molar-refractivity contribution >= 4 is 17.3 Å². The number of rotatable bonds is 8. The van der Waals surface area contributed by atoms with E-state index in [0.29, 0.717) is 54.2 Å². The highest BCUT2D eigenvalue weighted by atomic mass is 19.3. The van der Waals surface area contributed by atoms with Crippen molar-refractivity contribution in [3.63, 3.8) is 0 Å². The van der Waals surface area contributed by atoms with Gasteiger partial charge in [-0.25, -0.2) is 19.6 Å². The Morgan fingerprint density at radius 2 is 2.09 bits per heavy atom. The number of hydrogen-bond acceptors (Lipinski definition) is 9. The molecule has 3 heterocycles. The monoisotopic (exact) mass is 462 g/mol. The third kappa shape index (κ3) is 5.18. The van der Waals surface area contributed by atoms with Crippen LogP contribution in [0.5, 0.6) is 0 Å². The van der Waals surface area contributed by atoms with Crippen LogP contribution in [0.3, 0.4) is 0 Å². The lowest BCUT2D eigenvalue weighted by Gasteiger charge is -2.35. The molecule has 1 aliphatic carbocycles. The van der Waals surface area contributed by atoms with Crippen LogP contribution in [-0.2, 0) is 6.42 Å². The van der Waals surface area contributed by atoms with Gasteiger partial charge in [-0.1, -0.05) is 13.3 Å². The molecule has 1 aliphatic heterocycles. The molecular weight excluding hydrogens is 430 g/mol. The van der Waals surface area contributed by atoms with Gasteiger partial charge in [-0.15, -0.1) is 0 Å². The molecular formula is C22H32F2N8O. The summed E-state index contributed by atoms with van der Waals surface area (Å²) in [6.45, 7) is 2.51. The van der Waals surface area contributed by atoms with Crippen molar-refractivity contribution in [2.75, 3.05) is 36.9 Å². The Hall–Kier alpha value is -2.95. The average molecular weight is 463 g/mol. The zero-order valence-electron chi connectivity index (χ0n) is 19.2. The summed E-state index contributed by atoms with van der Waals surface area (Å²) < 4.78 is 33.2. The zero-order chi connectivity index (χ0) is 23.6. The van der Waals surface area contributed by atoms with E-state index in [0.717, 1.165) is 24.2 Å². The maximum absolute atomic E-state index is 13.9. The number of likely N-dealkylation sites (N-methyl/N-ethyl adjacent to an activating group) is 1. The van der Waals surface area contributed by atoms with Crippen molar-refractivity contribution in [1.29, 1.82) is 0 Å². The molecule has 4 rings (SSSR count). The van der Waals surface area contributed by atoms with E-state index in [9.17, 15) is 8.78 Å². The van der Waals surface area contributed by atoms with Gasteiger partial charge in [-0.05, 0) is 43.0 Å². The first-order valence-corrected chi connectivity index (χ1v) is 11.4. The Morgan fingerprint density at radius 3 is 2.73 bits per heavy atom. The maximum Gasteiger partial charge on any atom is 0.265 e. The second-order valence-electron chi connectivity index (χ2n) is 8.81. The molecule has 2 fully saturated rings. The van der Waals surface area contributed by atoms with Crippen molar-refractivity contribution in [3.8, 4) is 0 Å². The van der Waals surface area contributed by atoms with Gasteiger partial charge in [-0.3, -0.25) is 0 Å². The Labute approximate surface area is 192 Å². The van der Waals surface area contributed by atoms with Crippen LogP contribution in [0.4, 0.5) is 20.4 Å². The standard InChI is InChI=1S/C22H32F2N8O/c1-3-15-17(32-11-5-10-22(23,24)13-32)9-8-16(28-15)19(25)18(31(2)26)12-27-21-29-20(33-30-21)14-6-4-7-14/h8-9,14H,3-7,10-13,25-26H2,1-2H3,(H,27,30)/b19-18-. The molecule has 2 aromatic rings. The van der Waals surface area contributed by atoms with Crippen LogP contribution in [0, 0.1) is 0 Å². The van der Waals surface area contributed by atoms with Crippen LogP contribution in [-0.4, -0.2) is 52.7 Å². The number of alkyl halides is 2. The molecule has 0 bridgehead atoms. The minimum Gasteiger partial charge on any atom is -0.395 e. The van der Waals surface area contributed by atoms with Crippen molar-refractivity contribution < 1.29 is 13.3 Å². The average Bonchev–Trinajstić information content (AvgIpc) is 3.19. The largest absolute Gasteiger partial charge is 0.395 e. The zero-order valence-corrected chi connectivity index (χ0v) is 19.2. The van der Waals surface area contributed by atoms with Gasteiger partial charge < -0.3 is 25.5 Å². The van der Waals surface area contributed by atoms with E-state index in [2.05, 4.69) is 20.4 Å². The lowest BCUT2D eigenvalue weighted by atomic mass is 9.85. The summed E-state index contributed by atoms with van der Waals surface area (Å²) in [4.78, 5) is 10.8. The SMILES string of the molecule is CCc1nc(/C(N)=C(\CNc2noc(C3CCC3)n2)N(C)N)ccc1N1CCCC(F)(F)C1. The van der Waals surface area contributed by atoms with Crippen molar-refractivity contribution in [2.24, 2.45) is 11.6 Å². The summed E-state index contributed by atoms with van der Waals surface area (Å²) in [5.74, 6) is 4.74. The van der Waals surface area contributed by atoms with Gasteiger partial charge in [0.25, 0.3) is 11.9 Å². The van der Waals surface area contributed by atoms with Crippen LogP contribution in [0.25, 0.3) is 5.70 Å². The lowest BCUT2D eigenvalue weighted by molar-refractivity contribution is -0.0117. The number of nitrogens with zero attached hydrogens (tertiary/aromatic N) is 5. The van der Waals surface area contributed by atoms with Gasteiger partial charge in [-0.2, -0.15) is 4.98 Å². The third-order valence-corrected chi connectivity index (χ3v) is 6.34. The van der Waals surface area contributed by atoms with E-state index in [1.54, 1.807) is 18.0 Å². The van der Waals surface area contributed by atoms with E-state index >= 15 is 0 Å². The van der Waals surface area contributed by atoms with Gasteiger partial charge in [0.05, 0.1) is 41.6 Å². The van der Waals surface area contributed by atoms with E-state index in [-0.39, 0.29) is 19.5 Å². The first-order chi connectivity index (χ1) is 15.8. The second-order valence-corrected chi connectivity index (χ2v) is 8.81. The molecule has 2 aromatic heterocycles. The fourth-order valence-corrected chi connectivity index (χ4v) is 4.21. The molecule has 0 atom stereocenters. The number of nitrogens with one attached hydrogen (secondary N) is 1. The quantitative estimate of drug-likeness (QED) is 0.401. The molecule has 0 amide bonds. The van der Waals surface area contributed by atoms with Crippen LogP contribution >= 0.6 is 0 Å². The summed E-state index contributed by atoms with van der Waals surface area (Å²) in [5.41, 5.74) is 9.42. The second kappa shape index (κ2) is 9.50. The van der Waals surface area contributed by atoms with E-state index < -0.39 is 5.92 Å². The number of aryl methyl sites for hydroxylation is 1. The highest BCUT2D eigenvalue weighted by Gasteiger charge is 2.36. The molecule has 2 aliphatic rings. The van der Waals surface area contributed by atoms with Gasteiger partial charge in [0.1, 0.15) is 0 Å². The van der Waals surface area contributed by atoms with Crippen LogP contribution < -0.4 is 21.8 Å². The molecule has 11 heteroatoms.